The van der Waals surface area contributed by atoms with Crippen molar-refractivity contribution in [2.24, 2.45) is 5.73 Å². The van der Waals surface area contributed by atoms with E-state index >= 15 is 0 Å². The van der Waals surface area contributed by atoms with Crippen LogP contribution in [0.5, 0.6) is 0 Å². The highest BCUT2D eigenvalue weighted by Crippen LogP contribution is 2.25. The van der Waals surface area contributed by atoms with Crippen molar-refractivity contribution in [1.82, 2.24) is 5.32 Å². The summed E-state index contributed by atoms with van der Waals surface area (Å²) in [4.78, 5) is 23.4. The zero-order valence-electron chi connectivity index (χ0n) is 14.3. The lowest BCUT2D eigenvalue weighted by Crippen LogP contribution is -2.27. The quantitative estimate of drug-likeness (QED) is 0.797. The fourth-order valence-electron chi connectivity index (χ4n) is 3.27. The van der Waals surface area contributed by atoms with Crippen LogP contribution in [0, 0.1) is 0 Å². The van der Waals surface area contributed by atoms with Crippen LogP contribution in [0.2, 0.25) is 0 Å². The number of amides is 3. The van der Waals surface area contributed by atoms with Crippen molar-refractivity contribution in [3.63, 3.8) is 0 Å². The van der Waals surface area contributed by atoms with Gasteiger partial charge in [-0.1, -0.05) is 24.3 Å². The molecule has 0 saturated carbocycles. The molecular weight excluding hydrogens is 314 g/mol. The lowest BCUT2D eigenvalue weighted by molar-refractivity contribution is 0.0940. The molecule has 0 unspecified atom stereocenters. The minimum Gasteiger partial charge on any atom is -0.351 e. The summed E-state index contributed by atoms with van der Waals surface area (Å²) in [5.41, 5.74) is 10.0. The van der Waals surface area contributed by atoms with Crippen molar-refractivity contribution in [3.05, 3.63) is 64.7 Å². The van der Waals surface area contributed by atoms with Gasteiger partial charge >= 0.3 is 6.03 Å². The molecule has 0 aliphatic heterocycles. The third kappa shape index (κ3) is 4.18. The lowest BCUT2D eigenvalue weighted by Gasteiger charge is -2.20. The highest BCUT2D eigenvalue weighted by Gasteiger charge is 2.15. The Kier molecular flexibility index (Phi) is 5.03. The maximum absolute atomic E-state index is 12.5. The third-order valence-corrected chi connectivity index (χ3v) is 4.61. The van der Waals surface area contributed by atoms with Gasteiger partial charge in [-0.2, -0.15) is 0 Å². The molecule has 1 aliphatic rings. The molecule has 5 nitrogen and oxygen atoms in total. The van der Waals surface area contributed by atoms with E-state index in [4.69, 9.17) is 5.73 Å². The summed E-state index contributed by atoms with van der Waals surface area (Å²) >= 11 is 0. The molecule has 5 heteroatoms. The molecule has 0 saturated heterocycles. The first-order valence-corrected chi connectivity index (χ1v) is 8.62. The van der Waals surface area contributed by atoms with E-state index in [0.29, 0.717) is 11.3 Å². The topological polar surface area (TPSA) is 84.2 Å². The number of hydrogen-bond acceptors (Lipinski definition) is 2. The van der Waals surface area contributed by atoms with Gasteiger partial charge in [-0.3, -0.25) is 4.79 Å². The van der Waals surface area contributed by atoms with Gasteiger partial charge < -0.3 is 16.4 Å². The third-order valence-electron chi connectivity index (χ3n) is 4.61. The van der Waals surface area contributed by atoms with Gasteiger partial charge in [-0.05, 0) is 67.5 Å². The fraction of sp³-hybridized carbons (Fsp3) is 0.300. The van der Waals surface area contributed by atoms with E-state index in [1.807, 2.05) is 6.92 Å². The molecule has 1 atom stereocenters. The van der Waals surface area contributed by atoms with E-state index in [1.54, 1.807) is 24.3 Å². The van der Waals surface area contributed by atoms with Crippen LogP contribution in [0.3, 0.4) is 0 Å². The Morgan fingerprint density at radius 2 is 1.80 bits per heavy atom. The van der Waals surface area contributed by atoms with Crippen LogP contribution in [0.15, 0.2) is 42.5 Å². The Labute approximate surface area is 147 Å². The molecule has 0 heterocycles. The minimum atomic E-state index is -0.653. The van der Waals surface area contributed by atoms with Gasteiger partial charge in [0, 0.05) is 11.3 Å². The van der Waals surface area contributed by atoms with Gasteiger partial charge in [-0.25, -0.2) is 4.79 Å². The van der Waals surface area contributed by atoms with Crippen LogP contribution >= 0.6 is 0 Å². The Morgan fingerprint density at radius 3 is 2.56 bits per heavy atom. The maximum Gasteiger partial charge on any atom is 0.316 e. The molecule has 3 rings (SSSR count). The molecular formula is C20H23N3O2. The van der Waals surface area contributed by atoms with E-state index in [-0.39, 0.29) is 11.9 Å². The zero-order chi connectivity index (χ0) is 17.8. The molecule has 0 bridgehead atoms. The number of aryl methyl sites for hydroxylation is 2. The number of fused-ring (bicyclic) bond motifs is 1. The normalized spacial score (nSPS) is 14.3. The summed E-state index contributed by atoms with van der Waals surface area (Å²) in [6, 6.07) is 12.5. The second-order valence-electron chi connectivity index (χ2n) is 6.50. The van der Waals surface area contributed by atoms with E-state index in [2.05, 4.69) is 28.8 Å². The first-order valence-electron chi connectivity index (χ1n) is 8.62. The lowest BCUT2D eigenvalue weighted by atomic mass is 9.89. The van der Waals surface area contributed by atoms with E-state index in [0.717, 1.165) is 18.4 Å². The van der Waals surface area contributed by atoms with Crippen LogP contribution < -0.4 is 16.4 Å². The Bertz CT molecular complexity index is 801. The Morgan fingerprint density at radius 1 is 1.04 bits per heavy atom. The van der Waals surface area contributed by atoms with Gasteiger partial charge in [0.05, 0.1) is 6.04 Å². The van der Waals surface area contributed by atoms with Gasteiger partial charge in [0.15, 0.2) is 0 Å². The molecule has 0 fully saturated rings. The predicted octanol–water partition coefficient (Wildman–Crippen LogP) is 3.55. The van der Waals surface area contributed by atoms with Crippen molar-refractivity contribution in [2.75, 3.05) is 5.32 Å². The average Bonchev–Trinajstić information content (AvgIpc) is 2.61. The van der Waals surface area contributed by atoms with E-state index < -0.39 is 6.03 Å². The van der Waals surface area contributed by atoms with Gasteiger partial charge in [-0.15, -0.1) is 0 Å². The predicted molar refractivity (Wildman–Crippen MR) is 98.6 cm³/mol. The summed E-state index contributed by atoms with van der Waals surface area (Å²) in [6.07, 6.45) is 4.76. The monoisotopic (exact) mass is 337 g/mol. The number of nitrogens with one attached hydrogen (secondary N) is 2. The number of rotatable bonds is 4. The second-order valence-corrected chi connectivity index (χ2v) is 6.50. The maximum atomic E-state index is 12.5. The molecule has 2 aromatic carbocycles. The highest BCUT2D eigenvalue weighted by atomic mass is 16.2. The van der Waals surface area contributed by atoms with Gasteiger partial charge in [0.1, 0.15) is 0 Å². The number of nitrogens with two attached hydrogens (primary N) is 1. The fourth-order valence-corrected chi connectivity index (χ4v) is 3.27. The van der Waals surface area contributed by atoms with Crippen LogP contribution in [0.25, 0.3) is 0 Å². The summed E-state index contributed by atoms with van der Waals surface area (Å²) in [5, 5.41) is 5.49. The average molecular weight is 337 g/mol. The number of carbonyl (C=O) groups is 2. The van der Waals surface area contributed by atoms with Gasteiger partial charge in [0.2, 0.25) is 0 Å². The van der Waals surface area contributed by atoms with Crippen LogP contribution in [-0.4, -0.2) is 11.9 Å². The first-order chi connectivity index (χ1) is 12.0. The molecule has 130 valence electrons. The zero-order valence-corrected chi connectivity index (χ0v) is 14.3. The number of hydrogen-bond donors (Lipinski definition) is 3. The van der Waals surface area contributed by atoms with Crippen molar-refractivity contribution in [3.8, 4) is 0 Å². The van der Waals surface area contributed by atoms with E-state index in [9.17, 15) is 9.59 Å². The molecule has 0 spiro atoms. The summed E-state index contributed by atoms with van der Waals surface area (Å²) < 4.78 is 0. The number of anilines is 1. The Balaban J connectivity index is 1.71. The van der Waals surface area contributed by atoms with Crippen molar-refractivity contribution >= 4 is 17.6 Å². The molecule has 4 N–H and O–H groups in total. The van der Waals surface area contributed by atoms with Crippen molar-refractivity contribution < 1.29 is 9.59 Å². The molecule has 25 heavy (non-hydrogen) atoms. The molecule has 2 aromatic rings. The molecule has 3 amide bonds. The standard InChI is InChI=1S/C20H23N3O2/c1-13(15-10-9-14-5-2-3-6-16(14)11-15)22-19(24)17-7-4-8-18(12-17)23-20(21)25/h4,7-13H,2-3,5-6H2,1H3,(H,22,24)(H3,21,23,25)/t13-/m1/s1. The number of carbonyl (C=O) groups excluding carboxylic acids is 2. The molecule has 0 aromatic heterocycles. The number of primary amides is 1. The minimum absolute atomic E-state index is 0.0903. The first kappa shape index (κ1) is 17.0. The summed E-state index contributed by atoms with van der Waals surface area (Å²) in [6.45, 7) is 1.98. The Hall–Kier alpha value is -2.82. The smallest absolute Gasteiger partial charge is 0.316 e. The molecule has 1 aliphatic carbocycles. The highest BCUT2D eigenvalue weighted by molar-refractivity contribution is 5.96. The number of benzene rings is 2. The SMILES string of the molecule is C[C@@H](NC(=O)c1cccc(NC(N)=O)c1)c1ccc2c(c1)CCCC2. The second kappa shape index (κ2) is 7.38. The van der Waals surface area contributed by atoms with Crippen LogP contribution in [-0.2, 0) is 12.8 Å². The summed E-state index contributed by atoms with van der Waals surface area (Å²) in [5.74, 6) is -0.182. The van der Waals surface area contributed by atoms with Crippen LogP contribution in [0.4, 0.5) is 10.5 Å². The van der Waals surface area contributed by atoms with Crippen LogP contribution in [0.1, 0.15) is 52.9 Å². The van der Waals surface area contributed by atoms with E-state index in [1.165, 1.54) is 24.0 Å². The largest absolute Gasteiger partial charge is 0.351 e. The molecule has 0 radical (unpaired) electrons. The number of urea groups is 1. The van der Waals surface area contributed by atoms with Crippen molar-refractivity contribution in [1.29, 1.82) is 0 Å². The van der Waals surface area contributed by atoms with Gasteiger partial charge in [0.25, 0.3) is 5.91 Å². The van der Waals surface area contributed by atoms with Crippen molar-refractivity contribution in [2.45, 2.75) is 38.6 Å². The summed E-state index contributed by atoms with van der Waals surface area (Å²) in [7, 11) is 0.